The van der Waals surface area contributed by atoms with Crippen LogP contribution < -0.4 is 10.2 Å². The maximum atomic E-state index is 13.2. The van der Waals surface area contributed by atoms with Gasteiger partial charge >= 0.3 is 6.18 Å². The summed E-state index contributed by atoms with van der Waals surface area (Å²) in [5, 5.41) is 13.0. The first kappa shape index (κ1) is 26.7. The Morgan fingerprint density at radius 2 is 1.90 bits per heavy atom. The zero-order valence-electron chi connectivity index (χ0n) is 21.6. The van der Waals surface area contributed by atoms with E-state index in [9.17, 15) is 23.1 Å². The standard InChI is InChI=1S/C27H29F3N6O3/c1-26(2,38)8-6-18-14-36-15-19(21(13-23(36)32-18)35-10-4-3-5-11-35)33-24(37)20-16-39-25(34-20)17-7-9-31-22(12-17)27(28,29)30/h7,9,12-16,38H,3-6,8,10-11H2,1-2H3,(H,33,37). The van der Waals surface area contributed by atoms with Gasteiger partial charge in [0, 0.05) is 43.3 Å². The number of hydrogen-bond acceptors (Lipinski definition) is 7. The number of aromatic nitrogens is 4. The fraction of sp³-hybridized carbons (Fsp3) is 0.407. The monoisotopic (exact) mass is 542 g/mol. The number of hydrogen-bond donors (Lipinski definition) is 2. The molecule has 5 heterocycles. The van der Waals surface area contributed by atoms with E-state index in [4.69, 9.17) is 9.40 Å². The largest absolute Gasteiger partial charge is 0.444 e. The van der Waals surface area contributed by atoms with Gasteiger partial charge in [-0.25, -0.2) is 9.97 Å². The Morgan fingerprint density at radius 3 is 2.62 bits per heavy atom. The number of imidazole rings is 1. The topological polar surface area (TPSA) is 109 Å². The number of amides is 1. The van der Waals surface area contributed by atoms with E-state index in [1.807, 2.05) is 16.7 Å². The van der Waals surface area contributed by atoms with E-state index >= 15 is 0 Å². The summed E-state index contributed by atoms with van der Waals surface area (Å²) in [5.74, 6) is -0.680. The van der Waals surface area contributed by atoms with E-state index in [1.165, 1.54) is 6.07 Å². The number of nitrogens with zero attached hydrogens (tertiary/aromatic N) is 5. The number of anilines is 2. The van der Waals surface area contributed by atoms with Crippen LogP contribution in [0.2, 0.25) is 0 Å². The highest BCUT2D eigenvalue weighted by Gasteiger charge is 2.33. The van der Waals surface area contributed by atoms with Crippen molar-refractivity contribution >= 4 is 22.9 Å². The molecule has 1 amide bonds. The number of carbonyl (C=O) groups is 1. The van der Waals surface area contributed by atoms with Crippen molar-refractivity contribution in [3.8, 4) is 11.5 Å². The summed E-state index contributed by atoms with van der Waals surface area (Å²) in [6, 6.07) is 4.09. The maximum Gasteiger partial charge on any atom is 0.433 e. The van der Waals surface area contributed by atoms with Crippen molar-refractivity contribution in [2.75, 3.05) is 23.3 Å². The molecule has 0 bridgehead atoms. The summed E-state index contributed by atoms with van der Waals surface area (Å²) in [6.07, 6.45) is 5.51. The van der Waals surface area contributed by atoms with Crippen molar-refractivity contribution in [2.24, 2.45) is 0 Å². The molecule has 1 saturated heterocycles. The van der Waals surface area contributed by atoms with Crippen LogP contribution in [-0.4, -0.2) is 49.1 Å². The van der Waals surface area contributed by atoms with Crippen LogP contribution in [0.25, 0.3) is 17.1 Å². The number of rotatable bonds is 7. The molecule has 12 heteroatoms. The molecular weight excluding hydrogens is 513 g/mol. The smallest absolute Gasteiger partial charge is 0.433 e. The number of oxazole rings is 1. The number of nitrogens with one attached hydrogen (secondary N) is 1. The molecule has 0 saturated carbocycles. The summed E-state index contributed by atoms with van der Waals surface area (Å²) >= 11 is 0. The van der Waals surface area contributed by atoms with Crippen LogP contribution in [0, 0.1) is 0 Å². The molecule has 0 atom stereocenters. The van der Waals surface area contributed by atoms with Gasteiger partial charge in [-0.3, -0.25) is 9.78 Å². The second-order valence-electron chi connectivity index (χ2n) is 10.3. The van der Waals surface area contributed by atoms with Crippen molar-refractivity contribution in [1.82, 2.24) is 19.4 Å². The molecule has 0 aliphatic carbocycles. The van der Waals surface area contributed by atoms with Gasteiger partial charge in [0.25, 0.3) is 5.91 Å². The number of aliphatic hydroxyl groups is 1. The van der Waals surface area contributed by atoms with Gasteiger partial charge in [-0.2, -0.15) is 13.2 Å². The van der Waals surface area contributed by atoms with Crippen molar-refractivity contribution in [1.29, 1.82) is 0 Å². The quantitative estimate of drug-likeness (QED) is 0.324. The number of piperidine rings is 1. The van der Waals surface area contributed by atoms with E-state index in [1.54, 1.807) is 20.0 Å². The van der Waals surface area contributed by atoms with Gasteiger partial charge in [-0.1, -0.05) is 0 Å². The van der Waals surface area contributed by atoms with Gasteiger partial charge in [0.2, 0.25) is 5.89 Å². The molecule has 1 fully saturated rings. The first-order valence-electron chi connectivity index (χ1n) is 12.8. The van der Waals surface area contributed by atoms with Crippen LogP contribution in [-0.2, 0) is 12.6 Å². The third kappa shape index (κ3) is 6.22. The highest BCUT2D eigenvalue weighted by molar-refractivity contribution is 6.04. The lowest BCUT2D eigenvalue weighted by atomic mass is 10.0. The highest BCUT2D eigenvalue weighted by atomic mass is 19.4. The summed E-state index contributed by atoms with van der Waals surface area (Å²) in [7, 11) is 0. The Bertz CT molecular complexity index is 1480. The first-order chi connectivity index (χ1) is 18.5. The Hall–Kier alpha value is -3.93. The Balaban J connectivity index is 1.42. The zero-order valence-corrected chi connectivity index (χ0v) is 21.6. The zero-order chi connectivity index (χ0) is 27.8. The molecule has 0 aromatic carbocycles. The van der Waals surface area contributed by atoms with E-state index in [-0.39, 0.29) is 17.1 Å². The number of aryl methyl sites for hydroxylation is 1. The lowest BCUT2D eigenvalue weighted by molar-refractivity contribution is -0.141. The van der Waals surface area contributed by atoms with Crippen molar-refractivity contribution in [3.05, 3.63) is 60.1 Å². The lowest BCUT2D eigenvalue weighted by Gasteiger charge is -2.30. The molecule has 0 unspecified atom stereocenters. The van der Waals surface area contributed by atoms with Gasteiger partial charge < -0.3 is 24.1 Å². The second-order valence-corrected chi connectivity index (χ2v) is 10.3. The van der Waals surface area contributed by atoms with Gasteiger partial charge in [0.15, 0.2) is 5.69 Å². The minimum absolute atomic E-state index is 0.0591. The molecule has 206 valence electrons. The third-order valence-electron chi connectivity index (χ3n) is 6.59. The number of carbonyl (C=O) groups excluding carboxylic acids is 1. The van der Waals surface area contributed by atoms with E-state index in [0.29, 0.717) is 18.5 Å². The molecule has 4 aromatic rings. The van der Waals surface area contributed by atoms with Crippen LogP contribution >= 0.6 is 0 Å². The van der Waals surface area contributed by atoms with Gasteiger partial charge in [-0.15, -0.1) is 0 Å². The van der Waals surface area contributed by atoms with Crippen LogP contribution in [0.3, 0.4) is 0 Å². The average molecular weight is 543 g/mol. The van der Waals surface area contributed by atoms with E-state index in [2.05, 4.69) is 20.2 Å². The van der Waals surface area contributed by atoms with Crippen LogP contribution in [0.5, 0.6) is 0 Å². The van der Waals surface area contributed by atoms with Crippen LogP contribution in [0.15, 0.2) is 47.5 Å². The summed E-state index contributed by atoms with van der Waals surface area (Å²) in [4.78, 5) is 27.6. The third-order valence-corrected chi connectivity index (χ3v) is 6.59. The fourth-order valence-corrected chi connectivity index (χ4v) is 4.54. The molecule has 9 nitrogen and oxygen atoms in total. The van der Waals surface area contributed by atoms with Gasteiger partial charge in [-0.05, 0) is 58.1 Å². The predicted octanol–water partition coefficient (Wildman–Crippen LogP) is 5.35. The number of pyridine rings is 2. The molecule has 4 aromatic heterocycles. The van der Waals surface area contributed by atoms with Crippen LogP contribution in [0.1, 0.15) is 61.4 Å². The predicted molar refractivity (Wildman–Crippen MR) is 139 cm³/mol. The van der Waals surface area contributed by atoms with Crippen LogP contribution in [0.4, 0.5) is 24.5 Å². The number of halogens is 3. The maximum absolute atomic E-state index is 13.2. The Morgan fingerprint density at radius 1 is 1.13 bits per heavy atom. The highest BCUT2D eigenvalue weighted by Crippen LogP contribution is 2.32. The van der Waals surface area contributed by atoms with E-state index < -0.39 is 23.4 Å². The van der Waals surface area contributed by atoms with Gasteiger partial charge in [0.1, 0.15) is 17.6 Å². The first-order valence-corrected chi connectivity index (χ1v) is 12.8. The Labute approximate surface area is 222 Å². The SMILES string of the molecule is CC(C)(O)CCc1cn2cc(NC(=O)c3coc(-c4ccnc(C(F)(F)F)c4)n3)c(N3CCCCC3)cc2n1. The lowest BCUT2D eigenvalue weighted by Crippen LogP contribution is -2.30. The molecule has 2 N–H and O–H groups in total. The van der Waals surface area contributed by atoms with E-state index in [0.717, 1.165) is 67.9 Å². The number of fused-ring (bicyclic) bond motifs is 1. The second kappa shape index (κ2) is 10.3. The summed E-state index contributed by atoms with van der Waals surface area (Å²) < 4.78 is 46.3. The minimum Gasteiger partial charge on any atom is -0.444 e. The summed E-state index contributed by atoms with van der Waals surface area (Å²) in [5.41, 5.74) is 1.01. The fourth-order valence-electron chi connectivity index (χ4n) is 4.54. The Kier molecular flexibility index (Phi) is 7.06. The molecule has 39 heavy (non-hydrogen) atoms. The molecule has 0 radical (unpaired) electrons. The van der Waals surface area contributed by atoms with Crippen molar-refractivity contribution in [2.45, 2.75) is 57.7 Å². The molecule has 5 rings (SSSR count). The van der Waals surface area contributed by atoms with Crippen molar-refractivity contribution < 1.29 is 27.5 Å². The number of alkyl halides is 3. The average Bonchev–Trinajstić information content (AvgIpc) is 3.54. The summed E-state index contributed by atoms with van der Waals surface area (Å²) in [6.45, 7) is 5.18. The minimum atomic E-state index is -4.62. The van der Waals surface area contributed by atoms with Crippen molar-refractivity contribution in [3.63, 3.8) is 0 Å². The molecular formula is C27H29F3N6O3. The molecule has 1 aliphatic heterocycles. The molecule has 1 aliphatic rings. The normalized spacial score (nSPS) is 14.7. The van der Waals surface area contributed by atoms with Gasteiger partial charge in [0.05, 0.1) is 22.7 Å². The molecule has 0 spiro atoms.